The second-order valence-corrected chi connectivity index (χ2v) is 11.1. The number of thiazole rings is 1. The van der Waals surface area contributed by atoms with E-state index in [4.69, 9.17) is 15.2 Å². The lowest BCUT2D eigenvalue weighted by Crippen LogP contribution is -2.13. The first kappa shape index (κ1) is 31.9. The highest BCUT2D eigenvalue weighted by molar-refractivity contribution is 7.09. The second kappa shape index (κ2) is 17.3. The Morgan fingerprint density at radius 2 is 1.78 bits per heavy atom. The third-order valence-corrected chi connectivity index (χ3v) is 7.65. The number of aromatic nitrogens is 2. The molecule has 3 aromatic rings. The molecule has 1 aliphatic carbocycles. The van der Waals surface area contributed by atoms with E-state index in [2.05, 4.69) is 9.97 Å². The molecule has 1 fully saturated rings. The predicted molar refractivity (Wildman–Crippen MR) is 164 cm³/mol. The van der Waals surface area contributed by atoms with Crippen molar-refractivity contribution in [1.29, 1.82) is 0 Å². The topological polar surface area (TPSA) is 104 Å². The molecule has 2 N–H and O–H groups in total. The standard InChI is InChI=1S/C26H29N3O3S.C7H12O/c1-4-31-26(30)19(3)13-18(2)14-22-17-33-25(29-22)24(27)15-20-5-7-23(8-6-20)32-16-21-9-11-28-12-10-21;8-6-7-4-2-1-3-5-7/h5-14,17,24H,4,15-16,27H2,1-3H3;6-7H,1-5H2/b18-14+,19-13-;. The first-order valence-electron chi connectivity index (χ1n) is 14.2. The van der Waals surface area contributed by atoms with Crippen LogP contribution in [0.4, 0.5) is 0 Å². The van der Waals surface area contributed by atoms with Gasteiger partial charge in [-0.3, -0.25) is 4.98 Å². The predicted octanol–water partition coefficient (Wildman–Crippen LogP) is 7.04. The van der Waals surface area contributed by atoms with Crippen molar-refractivity contribution in [1.82, 2.24) is 9.97 Å². The fraction of sp³-hybridized carbons (Fsp3) is 0.394. The van der Waals surface area contributed by atoms with Gasteiger partial charge in [-0.2, -0.15) is 0 Å². The molecule has 7 nitrogen and oxygen atoms in total. The van der Waals surface area contributed by atoms with Crippen LogP contribution in [0.25, 0.3) is 6.08 Å². The summed E-state index contributed by atoms with van der Waals surface area (Å²) in [5.41, 5.74) is 10.9. The van der Waals surface area contributed by atoms with Gasteiger partial charge in [0.25, 0.3) is 0 Å². The van der Waals surface area contributed by atoms with Crippen LogP contribution in [-0.4, -0.2) is 28.8 Å². The van der Waals surface area contributed by atoms with E-state index in [-0.39, 0.29) is 12.0 Å². The van der Waals surface area contributed by atoms with Crippen LogP contribution in [0.5, 0.6) is 5.75 Å². The van der Waals surface area contributed by atoms with Gasteiger partial charge in [-0.15, -0.1) is 11.3 Å². The quantitative estimate of drug-likeness (QED) is 0.113. The summed E-state index contributed by atoms with van der Waals surface area (Å²) in [4.78, 5) is 30.6. The average Bonchev–Trinajstić information content (AvgIpc) is 3.46. The molecule has 8 heteroatoms. The van der Waals surface area contributed by atoms with Crippen LogP contribution in [0.3, 0.4) is 0 Å². The van der Waals surface area contributed by atoms with Gasteiger partial charge < -0.3 is 20.0 Å². The van der Waals surface area contributed by atoms with Crippen molar-refractivity contribution < 1.29 is 19.1 Å². The zero-order valence-corrected chi connectivity index (χ0v) is 25.1. The van der Waals surface area contributed by atoms with E-state index in [1.165, 1.54) is 30.6 Å². The van der Waals surface area contributed by atoms with E-state index in [9.17, 15) is 9.59 Å². The van der Waals surface area contributed by atoms with Crippen molar-refractivity contribution >= 4 is 29.7 Å². The summed E-state index contributed by atoms with van der Waals surface area (Å²) < 4.78 is 10.8. The fourth-order valence-corrected chi connectivity index (χ4v) is 5.21. The molecule has 0 amide bonds. The smallest absolute Gasteiger partial charge is 0.333 e. The van der Waals surface area contributed by atoms with Gasteiger partial charge in [0.05, 0.1) is 18.3 Å². The van der Waals surface area contributed by atoms with Crippen LogP contribution in [0, 0.1) is 5.92 Å². The van der Waals surface area contributed by atoms with Crippen LogP contribution < -0.4 is 10.5 Å². The van der Waals surface area contributed by atoms with E-state index >= 15 is 0 Å². The number of rotatable bonds is 11. The second-order valence-electron chi connectivity index (χ2n) is 10.2. The Hall–Kier alpha value is -3.62. The lowest BCUT2D eigenvalue weighted by atomic mass is 9.91. The maximum Gasteiger partial charge on any atom is 0.333 e. The Morgan fingerprint density at radius 3 is 2.41 bits per heavy atom. The molecule has 1 atom stereocenters. The van der Waals surface area contributed by atoms with E-state index < -0.39 is 0 Å². The first-order chi connectivity index (χ1) is 19.9. The van der Waals surface area contributed by atoms with Crippen LogP contribution in [0.1, 0.15) is 80.7 Å². The largest absolute Gasteiger partial charge is 0.489 e. The number of allylic oxidation sites excluding steroid dienone is 2. The van der Waals surface area contributed by atoms with Gasteiger partial charge in [-0.05, 0) is 93.2 Å². The molecule has 41 heavy (non-hydrogen) atoms. The molecule has 0 saturated heterocycles. The van der Waals surface area contributed by atoms with Gasteiger partial charge in [0.15, 0.2) is 0 Å². The van der Waals surface area contributed by atoms with Crippen molar-refractivity contribution in [2.75, 3.05) is 6.61 Å². The molecule has 0 radical (unpaired) electrons. The normalized spacial score (nSPS) is 14.9. The van der Waals surface area contributed by atoms with E-state index in [0.29, 0.717) is 31.1 Å². The number of aldehydes is 1. The molecule has 1 unspecified atom stereocenters. The summed E-state index contributed by atoms with van der Waals surface area (Å²) in [6, 6.07) is 11.7. The van der Waals surface area contributed by atoms with Crippen LogP contribution in [0.15, 0.2) is 71.4 Å². The SMILES string of the molecule is CCOC(=O)/C(C)=C\C(C)=C\c1csc(C(N)Cc2ccc(OCc3ccncc3)cc2)n1.O=CC1CCCCC1. The summed E-state index contributed by atoms with van der Waals surface area (Å²) >= 11 is 1.54. The van der Waals surface area contributed by atoms with Crippen LogP contribution in [0.2, 0.25) is 0 Å². The first-order valence-corrected chi connectivity index (χ1v) is 15.1. The lowest BCUT2D eigenvalue weighted by Gasteiger charge is -2.14. The molecule has 0 bridgehead atoms. The van der Waals surface area contributed by atoms with E-state index in [1.807, 2.05) is 54.8 Å². The molecule has 1 aromatic carbocycles. The van der Waals surface area contributed by atoms with Crippen molar-refractivity contribution in [3.8, 4) is 5.75 Å². The molecule has 1 aliphatic rings. The van der Waals surface area contributed by atoms with E-state index in [0.717, 1.165) is 52.3 Å². The van der Waals surface area contributed by atoms with Crippen molar-refractivity contribution in [2.45, 2.75) is 71.9 Å². The number of hydrogen-bond acceptors (Lipinski definition) is 8. The fourth-order valence-electron chi connectivity index (χ4n) is 4.44. The van der Waals surface area contributed by atoms with Gasteiger partial charge in [-0.25, -0.2) is 9.78 Å². The van der Waals surface area contributed by atoms with Crippen molar-refractivity contribution in [3.05, 3.63) is 93.2 Å². The third kappa shape index (κ3) is 11.4. The number of ether oxygens (including phenoxy) is 2. The molecule has 0 aliphatic heterocycles. The Kier molecular flexibility index (Phi) is 13.4. The molecular weight excluding hydrogens is 534 g/mol. The highest BCUT2D eigenvalue weighted by Gasteiger charge is 2.13. The number of esters is 1. The monoisotopic (exact) mass is 575 g/mol. The Balaban J connectivity index is 0.000000496. The summed E-state index contributed by atoms with van der Waals surface area (Å²) in [6.45, 7) is 6.33. The molecule has 2 aromatic heterocycles. The maximum absolute atomic E-state index is 11.8. The minimum atomic E-state index is -0.306. The average molecular weight is 576 g/mol. The summed E-state index contributed by atoms with van der Waals surface area (Å²) in [7, 11) is 0. The molecule has 0 spiro atoms. The van der Waals surface area contributed by atoms with Crippen LogP contribution >= 0.6 is 11.3 Å². The Morgan fingerprint density at radius 1 is 1.07 bits per heavy atom. The maximum atomic E-state index is 11.8. The minimum absolute atomic E-state index is 0.196. The van der Waals surface area contributed by atoms with Gasteiger partial charge in [0, 0.05) is 29.3 Å². The summed E-state index contributed by atoms with van der Waals surface area (Å²) in [5, 5.41) is 2.85. The highest BCUT2D eigenvalue weighted by atomic mass is 32.1. The Labute approximate surface area is 247 Å². The van der Waals surface area contributed by atoms with Gasteiger partial charge in [0.1, 0.15) is 23.7 Å². The number of carbonyl (C=O) groups excluding carboxylic acids is 2. The zero-order valence-electron chi connectivity index (χ0n) is 24.3. The molecule has 4 rings (SSSR count). The molecule has 2 heterocycles. The van der Waals surface area contributed by atoms with Crippen molar-refractivity contribution in [3.63, 3.8) is 0 Å². The molecular formula is C33H41N3O4S. The highest BCUT2D eigenvalue weighted by Crippen LogP contribution is 2.24. The summed E-state index contributed by atoms with van der Waals surface area (Å²) in [6.07, 6.45) is 15.2. The number of hydrogen-bond donors (Lipinski definition) is 1. The molecule has 218 valence electrons. The number of benzene rings is 1. The third-order valence-electron chi connectivity index (χ3n) is 6.65. The van der Waals surface area contributed by atoms with Crippen molar-refractivity contribution in [2.24, 2.45) is 11.7 Å². The number of nitrogens with two attached hydrogens (primary N) is 1. The lowest BCUT2D eigenvalue weighted by molar-refractivity contribution is -0.138. The number of nitrogens with zero attached hydrogens (tertiary/aromatic N) is 2. The number of carbonyl (C=O) groups is 2. The van der Waals surface area contributed by atoms with Gasteiger partial charge >= 0.3 is 5.97 Å². The van der Waals surface area contributed by atoms with Gasteiger partial charge in [-0.1, -0.05) is 31.4 Å². The summed E-state index contributed by atoms with van der Waals surface area (Å²) in [5.74, 6) is 0.913. The molecule has 1 saturated carbocycles. The number of pyridine rings is 1. The minimum Gasteiger partial charge on any atom is -0.489 e. The Bertz CT molecular complexity index is 1280. The zero-order chi connectivity index (χ0) is 29.5. The van der Waals surface area contributed by atoms with Gasteiger partial charge in [0.2, 0.25) is 0 Å². The van der Waals surface area contributed by atoms with E-state index in [1.54, 1.807) is 32.3 Å². The van der Waals surface area contributed by atoms with Crippen LogP contribution in [-0.2, 0) is 27.4 Å².